The first-order valence-corrected chi connectivity index (χ1v) is 3.00. The molecule has 0 atom stereocenters. The second-order valence-corrected chi connectivity index (χ2v) is 1.70. The van der Waals surface area contributed by atoms with E-state index >= 15 is 0 Å². The maximum absolute atomic E-state index is 8.33. The number of aliphatic hydroxyl groups is 1. The summed E-state index contributed by atoms with van der Waals surface area (Å²) in [5.74, 6) is 0.527. The first kappa shape index (κ1) is 8.75. The standard InChI is InChI=1S/C5H10ClNO2/c1-5(9-7-6)3-2-4-8/h7-8H,1-4H2. The summed E-state index contributed by atoms with van der Waals surface area (Å²) in [6, 6.07) is 0. The number of nitrogens with one attached hydrogen (secondary N) is 1. The fourth-order valence-corrected chi connectivity index (χ4v) is 0.491. The fourth-order valence-electron chi connectivity index (χ4n) is 0.382. The molecule has 0 heterocycles. The summed E-state index contributed by atoms with van der Waals surface area (Å²) >= 11 is 4.98. The van der Waals surface area contributed by atoms with Gasteiger partial charge < -0.3 is 9.94 Å². The lowest BCUT2D eigenvalue weighted by molar-refractivity contribution is 0.158. The van der Waals surface area contributed by atoms with E-state index in [1.54, 1.807) is 0 Å². The maximum atomic E-state index is 8.33. The topological polar surface area (TPSA) is 41.5 Å². The van der Waals surface area contributed by atoms with Crippen molar-refractivity contribution in [2.75, 3.05) is 6.61 Å². The Morgan fingerprint density at radius 3 is 2.89 bits per heavy atom. The molecule has 2 N–H and O–H groups in total. The summed E-state index contributed by atoms with van der Waals surface area (Å²) < 4.78 is 0. The molecule has 0 aliphatic rings. The van der Waals surface area contributed by atoms with Gasteiger partial charge in [-0.1, -0.05) is 11.6 Å². The van der Waals surface area contributed by atoms with Gasteiger partial charge in [0, 0.05) is 24.8 Å². The number of halogens is 1. The lowest BCUT2D eigenvalue weighted by Gasteiger charge is -2.01. The Kier molecular flexibility index (Phi) is 5.72. The SMILES string of the molecule is C=C(CCCO)ONCl. The second kappa shape index (κ2) is 5.88. The van der Waals surface area contributed by atoms with Crippen LogP contribution in [0.4, 0.5) is 0 Å². The molecule has 0 spiro atoms. The molecule has 0 radical (unpaired) electrons. The van der Waals surface area contributed by atoms with E-state index in [2.05, 4.69) is 11.4 Å². The third-order valence-electron chi connectivity index (χ3n) is 0.797. The minimum atomic E-state index is 0.144. The van der Waals surface area contributed by atoms with E-state index in [0.717, 1.165) is 0 Å². The van der Waals surface area contributed by atoms with Gasteiger partial charge in [-0.05, 0) is 6.42 Å². The summed E-state index contributed by atoms with van der Waals surface area (Å²) in [5.41, 5.74) is 0. The molecule has 0 aliphatic carbocycles. The molecule has 0 bridgehead atoms. The monoisotopic (exact) mass is 151 g/mol. The smallest absolute Gasteiger partial charge is 0.118 e. The largest absolute Gasteiger partial charge is 0.398 e. The predicted molar refractivity (Wildman–Crippen MR) is 35.5 cm³/mol. The van der Waals surface area contributed by atoms with Crippen molar-refractivity contribution in [1.29, 1.82) is 0 Å². The molecule has 0 aromatic rings. The highest BCUT2D eigenvalue weighted by molar-refractivity contribution is 6.12. The molecule has 3 nitrogen and oxygen atoms in total. The van der Waals surface area contributed by atoms with E-state index < -0.39 is 0 Å². The van der Waals surface area contributed by atoms with E-state index in [1.165, 1.54) is 0 Å². The summed E-state index contributed by atoms with van der Waals surface area (Å²) in [5, 5.41) is 8.33. The van der Waals surface area contributed by atoms with Crippen LogP contribution in [0.1, 0.15) is 12.8 Å². The Morgan fingerprint density at radius 2 is 2.44 bits per heavy atom. The molecule has 0 rings (SSSR count). The first-order valence-electron chi connectivity index (χ1n) is 2.62. The average molecular weight is 152 g/mol. The van der Waals surface area contributed by atoms with Crippen LogP contribution in [0.3, 0.4) is 0 Å². The van der Waals surface area contributed by atoms with Gasteiger partial charge >= 0.3 is 0 Å². The van der Waals surface area contributed by atoms with E-state index in [1.807, 2.05) is 5.00 Å². The lowest BCUT2D eigenvalue weighted by Crippen LogP contribution is -2.00. The van der Waals surface area contributed by atoms with Crippen molar-refractivity contribution >= 4 is 11.8 Å². The van der Waals surface area contributed by atoms with Crippen LogP contribution in [0.5, 0.6) is 0 Å². The second-order valence-electron chi connectivity index (χ2n) is 1.55. The summed E-state index contributed by atoms with van der Waals surface area (Å²) in [4.78, 5) is 6.52. The van der Waals surface area contributed by atoms with Crippen LogP contribution in [-0.4, -0.2) is 11.7 Å². The van der Waals surface area contributed by atoms with Crippen molar-refractivity contribution in [3.8, 4) is 0 Å². The third-order valence-corrected chi connectivity index (χ3v) is 0.874. The molecular formula is C5H10ClNO2. The summed E-state index contributed by atoms with van der Waals surface area (Å²) in [7, 11) is 0. The van der Waals surface area contributed by atoms with E-state index in [4.69, 9.17) is 16.9 Å². The minimum absolute atomic E-state index is 0.144. The van der Waals surface area contributed by atoms with E-state index in [9.17, 15) is 0 Å². The van der Waals surface area contributed by atoms with Gasteiger partial charge in [-0.25, -0.2) is 0 Å². The van der Waals surface area contributed by atoms with Gasteiger partial charge in [-0.15, -0.1) is 0 Å². The van der Waals surface area contributed by atoms with Crippen LogP contribution in [0.2, 0.25) is 0 Å². The summed E-state index contributed by atoms with van der Waals surface area (Å²) in [6.45, 7) is 3.65. The van der Waals surface area contributed by atoms with Gasteiger partial charge in [0.1, 0.15) is 5.76 Å². The molecule has 0 amide bonds. The van der Waals surface area contributed by atoms with Gasteiger partial charge in [-0.3, -0.25) is 0 Å². The zero-order valence-electron chi connectivity index (χ0n) is 5.06. The molecule has 9 heavy (non-hydrogen) atoms. The molecule has 0 unspecified atom stereocenters. The third kappa shape index (κ3) is 5.62. The van der Waals surface area contributed by atoms with Crippen LogP contribution < -0.4 is 5.00 Å². The van der Waals surface area contributed by atoms with Crippen LogP contribution in [0.25, 0.3) is 0 Å². The first-order chi connectivity index (χ1) is 4.31. The van der Waals surface area contributed by atoms with Crippen molar-refractivity contribution < 1.29 is 9.94 Å². The minimum Gasteiger partial charge on any atom is -0.398 e. The molecule has 0 saturated carbocycles. The van der Waals surface area contributed by atoms with Crippen molar-refractivity contribution in [3.63, 3.8) is 0 Å². The number of rotatable bonds is 5. The number of aliphatic hydroxyl groups excluding tert-OH is 1. The zero-order chi connectivity index (χ0) is 7.11. The highest BCUT2D eigenvalue weighted by Crippen LogP contribution is 2.00. The lowest BCUT2D eigenvalue weighted by atomic mass is 10.3. The van der Waals surface area contributed by atoms with E-state index in [-0.39, 0.29) is 6.61 Å². The van der Waals surface area contributed by atoms with Gasteiger partial charge in [0.15, 0.2) is 0 Å². The van der Waals surface area contributed by atoms with Gasteiger partial charge in [0.2, 0.25) is 0 Å². The molecule has 0 fully saturated rings. The molecule has 0 aliphatic heterocycles. The Hall–Kier alpha value is -0.250. The molecule has 4 heteroatoms. The van der Waals surface area contributed by atoms with Crippen LogP contribution in [-0.2, 0) is 4.84 Å². The average Bonchev–Trinajstić information content (AvgIpc) is 1.85. The van der Waals surface area contributed by atoms with Crippen molar-refractivity contribution in [1.82, 2.24) is 5.00 Å². The van der Waals surface area contributed by atoms with Crippen LogP contribution in [0.15, 0.2) is 12.3 Å². The van der Waals surface area contributed by atoms with Gasteiger partial charge in [0.05, 0.1) is 0 Å². The Balaban J connectivity index is 3.06. The summed E-state index contributed by atoms with van der Waals surface area (Å²) in [6.07, 6.45) is 1.27. The van der Waals surface area contributed by atoms with Gasteiger partial charge in [-0.2, -0.15) is 0 Å². The number of hydrogen-bond acceptors (Lipinski definition) is 3. The molecule has 0 aromatic heterocycles. The Morgan fingerprint density at radius 1 is 1.78 bits per heavy atom. The number of allylic oxidation sites excluding steroid dienone is 1. The zero-order valence-corrected chi connectivity index (χ0v) is 5.82. The Labute approximate surface area is 59.3 Å². The molecule has 0 aromatic carbocycles. The van der Waals surface area contributed by atoms with Crippen LogP contribution in [0, 0.1) is 0 Å². The Bertz CT molecular complexity index is 87.0. The van der Waals surface area contributed by atoms with Crippen molar-refractivity contribution in [2.45, 2.75) is 12.8 Å². The maximum Gasteiger partial charge on any atom is 0.118 e. The quantitative estimate of drug-likeness (QED) is 0.349. The number of hydrogen-bond donors (Lipinski definition) is 2. The molecular weight excluding hydrogens is 142 g/mol. The van der Waals surface area contributed by atoms with Crippen molar-refractivity contribution in [2.24, 2.45) is 0 Å². The highest BCUT2D eigenvalue weighted by atomic mass is 35.5. The van der Waals surface area contributed by atoms with Crippen molar-refractivity contribution in [3.05, 3.63) is 12.3 Å². The van der Waals surface area contributed by atoms with E-state index in [0.29, 0.717) is 18.6 Å². The highest BCUT2D eigenvalue weighted by Gasteiger charge is 1.91. The molecule has 0 saturated heterocycles. The normalized spacial score (nSPS) is 9.11. The van der Waals surface area contributed by atoms with Gasteiger partial charge in [0.25, 0.3) is 0 Å². The molecule has 54 valence electrons. The predicted octanol–water partition coefficient (Wildman–Crippen LogP) is 0.948. The fraction of sp³-hybridized carbons (Fsp3) is 0.600. The van der Waals surface area contributed by atoms with Crippen LogP contribution >= 0.6 is 11.8 Å².